The molecule has 0 saturated carbocycles. The Morgan fingerprint density at radius 1 is 1.30 bits per heavy atom. The fourth-order valence-corrected chi connectivity index (χ4v) is 1.94. The van der Waals surface area contributed by atoms with Gasteiger partial charge >= 0.3 is 5.97 Å². The van der Waals surface area contributed by atoms with Gasteiger partial charge in [0.15, 0.2) is 0 Å². The molecule has 2 aromatic rings. The summed E-state index contributed by atoms with van der Waals surface area (Å²) in [4.78, 5) is 27.6. The molecular formula is C15H16N2O3. The number of benzene rings is 1. The van der Waals surface area contributed by atoms with Gasteiger partial charge in [-0.1, -0.05) is 13.0 Å². The van der Waals surface area contributed by atoms with Crippen molar-refractivity contribution in [1.82, 2.24) is 10.3 Å². The topological polar surface area (TPSA) is 68.3 Å². The predicted octanol–water partition coefficient (Wildman–Crippen LogP) is 1.92. The van der Waals surface area contributed by atoms with Crippen molar-refractivity contribution in [2.24, 2.45) is 0 Å². The zero-order chi connectivity index (χ0) is 14.5. The highest BCUT2D eigenvalue weighted by atomic mass is 16.5. The number of ether oxygens (including phenoxy) is 1. The maximum absolute atomic E-state index is 12.1. The number of hydrogen-bond donors (Lipinski definition) is 1. The third kappa shape index (κ3) is 2.93. The van der Waals surface area contributed by atoms with Gasteiger partial charge in [0.05, 0.1) is 7.11 Å². The van der Waals surface area contributed by atoms with E-state index in [4.69, 9.17) is 0 Å². The molecule has 5 heteroatoms. The number of esters is 1. The van der Waals surface area contributed by atoms with Gasteiger partial charge in [0.1, 0.15) is 6.04 Å². The smallest absolute Gasteiger partial charge is 0.328 e. The zero-order valence-corrected chi connectivity index (χ0v) is 11.4. The van der Waals surface area contributed by atoms with Crippen LogP contribution in [0.1, 0.15) is 23.7 Å². The van der Waals surface area contributed by atoms with Crippen LogP contribution >= 0.6 is 0 Å². The van der Waals surface area contributed by atoms with E-state index in [1.807, 2.05) is 19.1 Å². The summed E-state index contributed by atoms with van der Waals surface area (Å²) >= 11 is 0. The van der Waals surface area contributed by atoms with Crippen LogP contribution in [0.3, 0.4) is 0 Å². The fourth-order valence-electron chi connectivity index (χ4n) is 1.94. The van der Waals surface area contributed by atoms with Gasteiger partial charge < -0.3 is 10.1 Å². The minimum Gasteiger partial charge on any atom is -0.467 e. The lowest BCUT2D eigenvalue weighted by atomic mass is 10.1. The van der Waals surface area contributed by atoms with Crippen LogP contribution in [0.5, 0.6) is 0 Å². The predicted molar refractivity (Wildman–Crippen MR) is 75.3 cm³/mol. The standard InChI is InChI=1S/C15H16N2O3/c1-3-13(15(19)20-2)17-14(18)11-4-5-12-9-16-7-6-10(12)8-11/h4-9,13H,3H2,1-2H3,(H,17,18). The van der Waals surface area contributed by atoms with Gasteiger partial charge in [-0.2, -0.15) is 0 Å². The van der Waals surface area contributed by atoms with Gasteiger partial charge in [-0.15, -0.1) is 0 Å². The van der Waals surface area contributed by atoms with Crippen molar-refractivity contribution in [2.45, 2.75) is 19.4 Å². The van der Waals surface area contributed by atoms with Crippen LogP contribution in [-0.2, 0) is 9.53 Å². The van der Waals surface area contributed by atoms with E-state index in [1.165, 1.54) is 7.11 Å². The molecule has 0 bridgehead atoms. The number of amides is 1. The number of hydrogen-bond acceptors (Lipinski definition) is 4. The highest BCUT2D eigenvalue weighted by molar-refractivity contribution is 6.00. The van der Waals surface area contributed by atoms with E-state index in [-0.39, 0.29) is 5.91 Å². The summed E-state index contributed by atoms with van der Waals surface area (Å²) in [5.74, 6) is -0.730. The van der Waals surface area contributed by atoms with Crippen LogP contribution in [0.15, 0.2) is 36.7 Å². The minimum atomic E-state index is -0.624. The lowest BCUT2D eigenvalue weighted by Crippen LogP contribution is -2.41. The van der Waals surface area contributed by atoms with Gasteiger partial charge in [0, 0.05) is 23.3 Å². The highest BCUT2D eigenvalue weighted by Crippen LogP contribution is 2.14. The number of pyridine rings is 1. The molecule has 20 heavy (non-hydrogen) atoms. The Kier molecular flexibility index (Phi) is 4.30. The Morgan fingerprint density at radius 3 is 2.80 bits per heavy atom. The molecule has 0 aliphatic heterocycles. The van der Waals surface area contributed by atoms with E-state index in [9.17, 15) is 9.59 Å². The summed E-state index contributed by atoms with van der Waals surface area (Å²) in [6.07, 6.45) is 3.89. The van der Waals surface area contributed by atoms with Crippen LogP contribution < -0.4 is 5.32 Å². The molecule has 1 amide bonds. The molecule has 0 radical (unpaired) electrons. The second kappa shape index (κ2) is 6.14. The fraction of sp³-hybridized carbons (Fsp3) is 0.267. The molecule has 0 saturated heterocycles. The molecule has 1 atom stereocenters. The number of fused-ring (bicyclic) bond motifs is 1. The van der Waals surface area contributed by atoms with E-state index in [1.54, 1.807) is 24.5 Å². The Balaban J connectivity index is 2.20. The van der Waals surface area contributed by atoms with Crippen molar-refractivity contribution in [2.75, 3.05) is 7.11 Å². The van der Waals surface area contributed by atoms with Crippen LogP contribution in [0.25, 0.3) is 10.8 Å². The molecule has 0 aliphatic carbocycles. The molecule has 0 fully saturated rings. The van der Waals surface area contributed by atoms with Crippen molar-refractivity contribution in [3.8, 4) is 0 Å². The van der Waals surface area contributed by atoms with Crippen molar-refractivity contribution in [3.05, 3.63) is 42.2 Å². The Hall–Kier alpha value is -2.43. The van der Waals surface area contributed by atoms with Crippen molar-refractivity contribution < 1.29 is 14.3 Å². The monoisotopic (exact) mass is 272 g/mol. The van der Waals surface area contributed by atoms with Gasteiger partial charge in [-0.3, -0.25) is 9.78 Å². The third-order valence-corrected chi connectivity index (χ3v) is 3.10. The number of nitrogens with zero attached hydrogens (tertiary/aromatic N) is 1. The number of carbonyl (C=O) groups is 2. The Labute approximate surface area is 117 Å². The number of methoxy groups -OCH3 is 1. The zero-order valence-electron chi connectivity index (χ0n) is 11.4. The summed E-state index contributed by atoms with van der Waals surface area (Å²) in [7, 11) is 1.31. The van der Waals surface area contributed by atoms with Crippen LogP contribution in [0.4, 0.5) is 0 Å². The van der Waals surface area contributed by atoms with Gasteiger partial charge in [-0.05, 0) is 30.0 Å². The summed E-state index contributed by atoms with van der Waals surface area (Å²) in [6.45, 7) is 1.81. The van der Waals surface area contributed by atoms with Crippen molar-refractivity contribution in [3.63, 3.8) is 0 Å². The van der Waals surface area contributed by atoms with E-state index >= 15 is 0 Å². The third-order valence-electron chi connectivity index (χ3n) is 3.10. The average molecular weight is 272 g/mol. The first-order chi connectivity index (χ1) is 9.65. The second-order valence-electron chi connectivity index (χ2n) is 4.40. The molecule has 2 rings (SSSR count). The largest absolute Gasteiger partial charge is 0.467 e. The van der Waals surface area contributed by atoms with Gasteiger partial charge in [0.2, 0.25) is 0 Å². The van der Waals surface area contributed by atoms with E-state index in [0.29, 0.717) is 12.0 Å². The minimum absolute atomic E-state index is 0.291. The molecular weight excluding hydrogens is 256 g/mol. The first kappa shape index (κ1) is 14.0. The van der Waals surface area contributed by atoms with Crippen LogP contribution in [-0.4, -0.2) is 30.0 Å². The molecule has 1 heterocycles. The quantitative estimate of drug-likeness (QED) is 0.863. The summed E-state index contributed by atoms with van der Waals surface area (Å²) < 4.78 is 4.65. The lowest BCUT2D eigenvalue weighted by molar-refractivity contribution is -0.142. The summed E-state index contributed by atoms with van der Waals surface area (Å²) in [5, 5.41) is 4.56. The molecule has 1 unspecified atom stereocenters. The van der Waals surface area contributed by atoms with Crippen LogP contribution in [0.2, 0.25) is 0 Å². The van der Waals surface area contributed by atoms with E-state index in [0.717, 1.165) is 10.8 Å². The molecule has 1 aromatic heterocycles. The SMILES string of the molecule is CCC(NC(=O)c1ccc2cnccc2c1)C(=O)OC. The summed E-state index contributed by atoms with van der Waals surface area (Å²) in [6, 6.07) is 6.53. The van der Waals surface area contributed by atoms with Crippen molar-refractivity contribution >= 4 is 22.6 Å². The molecule has 0 spiro atoms. The molecule has 1 aromatic carbocycles. The molecule has 1 N–H and O–H groups in total. The normalized spacial score (nSPS) is 11.9. The van der Waals surface area contributed by atoms with Gasteiger partial charge in [0.25, 0.3) is 5.91 Å². The average Bonchev–Trinajstić information content (AvgIpc) is 2.51. The number of nitrogens with one attached hydrogen (secondary N) is 1. The number of aromatic nitrogens is 1. The molecule has 104 valence electrons. The maximum atomic E-state index is 12.1. The molecule has 0 aliphatic rings. The lowest BCUT2D eigenvalue weighted by Gasteiger charge is -2.14. The first-order valence-electron chi connectivity index (χ1n) is 6.38. The number of rotatable bonds is 4. The Bertz CT molecular complexity index is 640. The van der Waals surface area contributed by atoms with Crippen molar-refractivity contribution in [1.29, 1.82) is 0 Å². The number of carbonyl (C=O) groups excluding carboxylic acids is 2. The second-order valence-corrected chi connectivity index (χ2v) is 4.40. The highest BCUT2D eigenvalue weighted by Gasteiger charge is 2.20. The first-order valence-corrected chi connectivity index (χ1v) is 6.38. The molecule has 5 nitrogen and oxygen atoms in total. The van der Waals surface area contributed by atoms with E-state index < -0.39 is 12.0 Å². The van der Waals surface area contributed by atoms with E-state index in [2.05, 4.69) is 15.0 Å². The maximum Gasteiger partial charge on any atom is 0.328 e. The van der Waals surface area contributed by atoms with Crippen LogP contribution in [0, 0.1) is 0 Å². The summed E-state index contributed by atoms with van der Waals surface area (Å²) in [5.41, 5.74) is 0.506. The van der Waals surface area contributed by atoms with Gasteiger partial charge in [-0.25, -0.2) is 4.79 Å². The Morgan fingerprint density at radius 2 is 2.10 bits per heavy atom.